The van der Waals surface area contributed by atoms with Gasteiger partial charge in [-0.05, 0) is 48.5 Å². The fourth-order valence-electron chi connectivity index (χ4n) is 4.00. The number of rotatable bonds is 5. The highest BCUT2D eigenvalue weighted by Crippen LogP contribution is 2.42. The van der Waals surface area contributed by atoms with E-state index in [2.05, 4.69) is 0 Å². The third-order valence-electron chi connectivity index (χ3n) is 5.68. The van der Waals surface area contributed by atoms with E-state index < -0.39 is 33.2 Å². The Morgan fingerprint density at radius 1 is 1.08 bits per heavy atom. The van der Waals surface area contributed by atoms with Crippen LogP contribution in [0.4, 0.5) is 18.9 Å². The number of carbonyl (C=O) groups excluding carboxylic acids is 1. The first-order chi connectivity index (χ1) is 16.9. The molecule has 1 aliphatic heterocycles. The number of nitrogens with zero attached hydrogens (tertiary/aromatic N) is 2. The van der Waals surface area contributed by atoms with E-state index >= 15 is 0 Å². The molecule has 1 amide bonds. The molecule has 0 unspecified atom stereocenters. The minimum Gasteiger partial charge on any atom is -0.456 e. The van der Waals surface area contributed by atoms with E-state index in [1.807, 2.05) is 0 Å². The molecule has 1 fully saturated rings. The van der Waals surface area contributed by atoms with Crippen LogP contribution in [0.25, 0.3) is 0 Å². The maximum atomic E-state index is 13.4. The van der Waals surface area contributed by atoms with Gasteiger partial charge in [-0.1, -0.05) is 23.7 Å². The number of hydrogen-bond donors (Lipinski definition) is 1. The van der Waals surface area contributed by atoms with Crippen molar-refractivity contribution in [1.82, 2.24) is 0 Å². The van der Waals surface area contributed by atoms with Crippen LogP contribution in [0.2, 0.25) is 5.02 Å². The summed E-state index contributed by atoms with van der Waals surface area (Å²) in [5.74, 6) is -0.849. The second-order valence-corrected chi connectivity index (χ2v) is 10.0. The molecule has 186 valence electrons. The molecule has 0 aliphatic carbocycles. The van der Waals surface area contributed by atoms with Gasteiger partial charge in [0.25, 0.3) is 0 Å². The van der Waals surface area contributed by atoms with Gasteiger partial charge in [0.05, 0.1) is 10.5 Å². The van der Waals surface area contributed by atoms with Crippen LogP contribution in [0, 0.1) is 11.3 Å². The lowest BCUT2D eigenvalue weighted by atomic mass is 9.97. The van der Waals surface area contributed by atoms with Gasteiger partial charge in [-0.2, -0.15) is 18.4 Å². The summed E-state index contributed by atoms with van der Waals surface area (Å²) in [6.45, 7) is 0.194. The second kappa shape index (κ2) is 9.46. The number of alkyl halides is 3. The summed E-state index contributed by atoms with van der Waals surface area (Å²) in [6, 6.07) is 14.8. The Morgan fingerprint density at radius 2 is 1.78 bits per heavy atom. The lowest BCUT2D eigenvalue weighted by Crippen LogP contribution is -2.24. The molecule has 0 spiro atoms. The smallest absolute Gasteiger partial charge is 0.417 e. The number of hydrogen-bond acceptors (Lipinski definition) is 5. The summed E-state index contributed by atoms with van der Waals surface area (Å²) in [6.07, 6.45) is -4.69. The van der Waals surface area contributed by atoms with Crippen molar-refractivity contribution in [1.29, 1.82) is 5.26 Å². The molecule has 1 aliphatic rings. The molecular weight excluding hydrogens is 519 g/mol. The van der Waals surface area contributed by atoms with Crippen molar-refractivity contribution in [3.8, 4) is 17.6 Å². The summed E-state index contributed by atoms with van der Waals surface area (Å²) in [4.78, 5) is 14.1. The Balaban J connectivity index is 1.66. The van der Waals surface area contributed by atoms with Crippen LogP contribution < -0.4 is 14.8 Å². The third kappa shape index (κ3) is 5.16. The number of sulfonamides is 1. The zero-order chi connectivity index (χ0) is 26.3. The normalized spacial score (nSPS) is 16.2. The van der Waals surface area contributed by atoms with Crippen LogP contribution in [0.1, 0.15) is 29.0 Å². The van der Waals surface area contributed by atoms with Crippen molar-refractivity contribution < 1.29 is 31.1 Å². The molecule has 36 heavy (non-hydrogen) atoms. The Labute approximate surface area is 209 Å². The highest BCUT2D eigenvalue weighted by molar-refractivity contribution is 7.89. The number of halogens is 4. The fourth-order valence-corrected chi connectivity index (χ4v) is 4.68. The van der Waals surface area contributed by atoms with Crippen LogP contribution in [0.5, 0.6) is 11.5 Å². The van der Waals surface area contributed by atoms with Gasteiger partial charge in [-0.15, -0.1) is 0 Å². The topological polar surface area (TPSA) is 113 Å². The van der Waals surface area contributed by atoms with Crippen molar-refractivity contribution >= 4 is 33.2 Å². The zero-order valence-electron chi connectivity index (χ0n) is 18.3. The molecule has 1 saturated heterocycles. The molecule has 1 atom stereocenters. The Bertz CT molecular complexity index is 1490. The molecule has 1 heterocycles. The summed E-state index contributed by atoms with van der Waals surface area (Å²) < 4.78 is 68.9. The summed E-state index contributed by atoms with van der Waals surface area (Å²) in [5.41, 5.74) is -0.833. The lowest BCUT2D eigenvalue weighted by molar-refractivity contribution is -0.137. The number of benzene rings is 3. The molecule has 3 aromatic rings. The van der Waals surface area contributed by atoms with Crippen LogP contribution in [-0.4, -0.2) is 20.9 Å². The monoisotopic (exact) mass is 535 g/mol. The molecule has 0 saturated carbocycles. The van der Waals surface area contributed by atoms with Crippen LogP contribution in [0.15, 0.2) is 65.6 Å². The van der Waals surface area contributed by atoms with E-state index in [0.29, 0.717) is 11.3 Å². The first kappa shape index (κ1) is 25.5. The van der Waals surface area contributed by atoms with Gasteiger partial charge in [0.2, 0.25) is 15.9 Å². The number of primary sulfonamides is 1. The zero-order valence-corrected chi connectivity index (χ0v) is 19.9. The van der Waals surface area contributed by atoms with Crippen LogP contribution in [-0.2, 0) is 21.0 Å². The minimum atomic E-state index is -4.75. The van der Waals surface area contributed by atoms with Crippen molar-refractivity contribution in [2.75, 3.05) is 11.4 Å². The highest BCUT2D eigenvalue weighted by Gasteiger charge is 2.36. The largest absolute Gasteiger partial charge is 0.456 e. The van der Waals surface area contributed by atoms with Crippen LogP contribution >= 0.6 is 11.6 Å². The number of nitriles is 1. The summed E-state index contributed by atoms with van der Waals surface area (Å²) >= 11 is 6.11. The van der Waals surface area contributed by atoms with Crippen molar-refractivity contribution in [2.45, 2.75) is 23.4 Å². The molecular formula is C24H17ClF3N3O4S. The van der Waals surface area contributed by atoms with Gasteiger partial charge in [0.1, 0.15) is 23.1 Å². The van der Waals surface area contributed by atoms with Crippen LogP contribution in [0.3, 0.4) is 0 Å². The van der Waals surface area contributed by atoms with Gasteiger partial charge in [0.15, 0.2) is 0 Å². The molecule has 0 radical (unpaired) electrons. The average molecular weight is 536 g/mol. The van der Waals surface area contributed by atoms with E-state index in [1.54, 1.807) is 18.2 Å². The third-order valence-corrected chi connectivity index (χ3v) is 6.85. The highest BCUT2D eigenvalue weighted by atomic mass is 35.5. The Morgan fingerprint density at radius 3 is 2.39 bits per heavy atom. The first-order valence-electron chi connectivity index (χ1n) is 10.4. The van der Waals surface area contributed by atoms with Gasteiger partial charge in [0, 0.05) is 35.2 Å². The van der Waals surface area contributed by atoms with E-state index in [9.17, 15) is 31.6 Å². The maximum Gasteiger partial charge on any atom is 0.417 e. The Hall–Kier alpha value is -3.59. The Kier molecular flexibility index (Phi) is 6.70. The molecule has 4 rings (SSSR count). The predicted molar refractivity (Wildman–Crippen MR) is 125 cm³/mol. The molecule has 3 aromatic carbocycles. The van der Waals surface area contributed by atoms with Crippen molar-refractivity contribution in [3.63, 3.8) is 0 Å². The lowest BCUT2D eigenvalue weighted by Gasteiger charge is -2.19. The maximum absolute atomic E-state index is 13.4. The number of ether oxygens (including phenoxy) is 1. The number of amides is 1. The number of nitrogens with two attached hydrogens (primary N) is 1. The average Bonchev–Trinajstić information content (AvgIpc) is 3.19. The summed E-state index contributed by atoms with van der Waals surface area (Å²) in [7, 11) is -3.89. The van der Waals surface area contributed by atoms with E-state index in [-0.39, 0.29) is 40.3 Å². The quantitative estimate of drug-likeness (QED) is 0.483. The molecule has 0 aromatic heterocycles. The van der Waals surface area contributed by atoms with E-state index in [4.69, 9.17) is 21.5 Å². The van der Waals surface area contributed by atoms with Gasteiger partial charge in [-0.3, -0.25) is 4.79 Å². The number of anilines is 1. The minimum absolute atomic E-state index is 0.0582. The van der Waals surface area contributed by atoms with Crippen molar-refractivity contribution in [2.24, 2.45) is 5.14 Å². The van der Waals surface area contributed by atoms with Gasteiger partial charge in [-0.25, -0.2) is 13.6 Å². The molecule has 7 nitrogen and oxygen atoms in total. The standard InChI is InChI=1S/C24H17ClF3N3O4S/c25-15-4-9-18(22(11-15)35-21-3-1-2-20(19(21)12-29)24(26,27)28)14-10-23(32)31(13-14)16-5-7-17(8-6-16)36(30,33)34/h1-9,11,14H,10,13H2,(H2,30,33,34)/t14-/m0/s1. The predicted octanol–water partition coefficient (Wildman–Crippen LogP) is 5.19. The molecule has 12 heteroatoms. The second-order valence-electron chi connectivity index (χ2n) is 8.02. The van der Waals surface area contributed by atoms with E-state index in [0.717, 1.165) is 12.1 Å². The van der Waals surface area contributed by atoms with Gasteiger partial charge < -0.3 is 9.64 Å². The SMILES string of the molecule is N#Cc1c(Oc2cc(Cl)ccc2[C@H]2CC(=O)N(c3ccc(S(N)(=O)=O)cc3)C2)cccc1C(F)(F)F. The van der Waals surface area contributed by atoms with Crippen molar-refractivity contribution in [3.05, 3.63) is 82.4 Å². The molecule has 2 N–H and O–H groups in total. The number of carbonyl (C=O) groups is 1. The summed E-state index contributed by atoms with van der Waals surface area (Å²) in [5, 5.41) is 14.8. The van der Waals surface area contributed by atoms with Gasteiger partial charge >= 0.3 is 6.18 Å². The molecule has 0 bridgehead atoms. The fraction of sp³-hybridized carbons (Fsp3) is 0.167. The first-order valence-corrected chi connectivity index (χ1v) is 12.3. The van der Waals surface area contributed by atoms with E-state index in [1.165, 1.54) is 41.3 Å².